The Balaban J connectivity index is 1.92. The van der Waals surface area contributed by atoms with Crippen molar-refractivity contribution >= 4 is 46.9 Å². The highest BCUT2D eigenvalue weighted by atomic mass is 32.2. The number of ether oxygens (including phenoxy) is 1. The summed E-state index contributed by atoms with van der Waals surface area (Å²) in [5.74, 6) is -2.27. The highest BCUT2D eigenvalue weighted by Gasteiger charge is 2.37. The van der Waals surface area contributed by atoms with Crippen molar-refractivity contribution in [1.82, 2.24) is 5.32 Å². The summed E-state index contributed by atoms with van der Waals surface area (Å²) in [7, 11) is 0. The van der Waals surface area contributed by atoms with Gasteiger partial charge in [0.15, 0.2) is 5.78 Å². The summed E-state index contributed by atoms with van der Waals surface area (Å²) in [6.07, 6.45) is 0. The fourth-order valence-corrected chi connectivity index (χ4v) is 5.52. The van der Waals surface area contributed by atoms with E-state index < -0.39 is 23.5 Å². The van der Waals surface area contributed by atoms with Crippen LogP contribution in [0, 0.1) is 6.92 Å². The maximum Gasteiger partial charge on any atom is 0.217 e. The number of hydrogen-bond donors (Lipinski definition) is 6. The average Bonchev–Trinajstić information content (AvgIpc) is 2.82. The van der Waals surface area contributed by atoms with E-state index in [0.717, 1.165) is 11.8 Å². The standard InChI is InChI=1S/C26H30N2O8S2/c1-10-18-17(36-25-19(10)22(32)11(2)23(33)21(25)13(4)29)8-16(31)20(24(18)34)12(3)27-6-7-38-26(35)15(9-37)28-14(5)30/h8,10,15,31-34,37H,6-7,9H2,1-5H3,(H,28,30). The van der Waals surface area contributed by atoms with Crippen molar-refractivity contribution in [3.63, 3.8) is 0 Å². The lowest BCUT2D eigenvalue weighted by Gasteiger charge is -2.30. The number of aliphatic imine (C=N–C) groups is 1. The number of thioether (sulfide) groups is 1. The van der Waals surface area contributed by atoms with Crippen LogP contribution in [0.2, 0.25) is 0 Å². The molecule has 5 N–H and O–H groups in total. The minimum absolute atomic E-state index is 0.0319. The highest BCUT2D eigenvalue weighted by molar-refractivity contribution is 8.13. The molecule has 0 fully saturated rings. The first-order valence-electron chi connectivity index (χ1n) is 11.7. The van der Waals surface area contributed by atoms with E-state index >= 15 is 0 Å². The van der Waals surface area contributed by atoms with E-state index in [0.29, 0.717) is 11.5 Å². The van der Waals surface area contributed by atoms with Crippen LogP contribution in [-0.4, -0.2) is 67.0 Å². The molecule has 1 aliphatic rings. The predicted molar refractivity (Wildman–Crippen MR) is 148 cm³/mol. The summed E-state index contributed by atoms with van der Waals surface area (Å²) in [6, 6.07) is 0.568. The molecule has 1 heterocycles. The summed E-state index contributed by atoms with van der Waals surface area (Å²) in [4.78, 5) is 40.2. The molecule has 204 valence electrons. The van der Waals surface area contributed by atoms with Gasteiger partial charge in [-0.3, -0.25) is 19.4 Å². The van der Waals surface area contributed by atoms with Crippen molar-refractivity contribution in [2.24, 2.45) is 4.99 Å². The van der Waals surface area contributed by atoms with Crippen LogP contribution in [-0.2, 0) is 9.59 Å². The molecule has 2 unspecified atom stereocenters. The van der Waals surface area contributed by atoms with E-state index in [1.807, 2.05) is 0 Å². The van der Waals surface area contributed by atoms with E-state index in [2.05, 4.69) is 22.9 Å². The first-order chi connectivity index (χ1) is 17.8. The topological polar surface area (TPSA) is 166 Å². The number of benzene rings is 2. The molecule has 1 aliphatic heterocycles. The number of fused-ring (bicyclic) bond motifs is 2. The normalized spacial score (nSPS) is 15.2. The van der Waals surface area contributed by atoms with Crippen LogP contribution in [0.4, 0.5) is 0 Å². The number of aromatic hydroxyl groups is 4. The van der Waals surface area contributed by atoms with Crippen LogP contribution < -0.4 is 10.1 Å². The summed E-state index contributed by atoms with van der Waals surface area (Å²) < 4.78 is 5.86. The minimum Gasteiger partial charge on any atom is -0.507 e. The van der Waals surface area contributed by atoms with Crippen LogP contribution in [0.1, 0.15) is 66.2 Å². The van der Waals surface area contributed by atoms with Gasteiger partial charge in [0.1, 0.15) is 46.1 Å². The van der Waals surface area contributed by atoms with Crippen molar-refractivity contribution in [3.05, 3.63) is 33.9 Å². The van der Waals surface area contributed by atoms with Crippen molar-refractivity contribution in [3.8, 4) is 34.5 Å². The Morgan fingerprint density at radius 2 is 1.74 bits per heavy atom. The average molecular weight is 563 g/mol. The number of amides is 1. The van der Waals surface area contributed by atoms with Gasteiger partial charge in [0.2, 0.25) is 11.0 Å². The fourth-order valence-electron chi connectivity index (χ4n) is 4.41. The summed E-state index contributed by atoms with van der Waals surface area (Å²) in [5.41, 5.74) is 0.872. The zero-order chi connectivity index (χ0) is 28.5. The number of phenols is 4. The molecule has 0 saturated carbocycles. The molecular formula is C26H30N2O8S2. The van der Waals surface area contributed by atoms with Crippen LogP contribution in [0.5, 0.6) is 34.5 Å². The number of thiol groups is 1. The highest BCUT2D eigenvalue weighted by Crippen LogP contribution is 2.56. The largest absolute Gasteiger partial charge is 0.507 e. The molecule has 12 heteroatoms. The predicted octanol–water partition coefficient (Wildman–Crippen LogP) is 3.78. The molecule has 2 aromatic carbocycles. The Labute approximate surface area is 229 Å². The van der Waals surface area contributed by atoms with Gasteiger partial charge >= 0.3 is 0 Å². The number of phenolic OH excluding ortho intramolecular Hbond substituents is 4. The summed E-state index contributed by atoms with van der Waals surface area (Å²) in [6.45, 7) is 7.53. The maximum absolute atomic E-state index is 12.3. The Morgan fingerprint density at radius 3 is 2.32 bits per heavy atom. The van der Waals surface area contributed by atoms with E-state index in [9.17, 15) is 34.8 Å². The van der Waals surface area contributed by atoms with Gasteiger partial charge in [0, 0.05) is 59.4 Å². The Hall–Kier alpha value is -3.38. The third-order valence-corrected chi connectivity index (χ3v) is 7.60. The van der Waals surface area contributed by atoms with Crippen molar-refractivity contribution in [2.75, 3.05) is 18.1 Å². The first kappa shape index (κ1) is 29.2. The molecule has 0 bridgehead atoms. The second-order valence-electron chi connectivity index (χ2n) is 8.92. The third kappa shape index (κ3) is 5.41. The van der Waals surface area contributed by atoms with E-state index in [1.54, 1.807) is 13.8 Å². The van der Waals surface area contributed by atoms with E-state index in [1.165, 1.54) is 26.8 Å². The number of carbonyl (C=O) groups is 3. The molecular weight excluding hydrogens is 532 g/mol. The number of nitrogens with one attached hydrogen (secondary N) is 1. The van der Waals surface area contributed by atoms with Crippen LogP contribution >= 0.6 is 24.4 Å². The molecule has 0 spiro atoms. The Bertz CT molecular complexity index is 1360. The van der Waals surface area contributed by atoms with Crippen molar-refractivity contribution in [2.45, 2.75) is 46.6 Å². The zero-order valence-electron chi connectivity index (χ0n) is 21.6. The first-order valence-corrected chi connectivity index (χ1v) is 13.3. The lowest BCUT2D eigenvalue weighted by molar-refractivity contribution is -0.122. The number of hydrogen-bond acceptors (Lipinski definition) is 11. The maximum atomic E-state index is 12.3. The van der Waals surface area contributed by atoms with Crippen molar-refractivity contribution < 1.29 is 39.5 Å². The van der Waals surface area contributed by atoms with Gasteiger partial charge in [-0.2, -0.15) is 12.6 Å². The summed E-state index contributed by atoms with van der Waals surface area (Å²) in [5, 5.41) is 45.4. The molecule has 2 aromatic rings. The molecule has 0 aliphatic carbocycles. The lowest BCUT2D eigenvalue weighted by atomic mass is 9.83. The zero-order valence-corrected chi connectivity index (χ0v) is 23.3. The van der Waals surface area contributed by atoms with E-state index in [-0.39, 0.29) is 79.9 Å². The number of carbonyl (C=O) groups excluding carboxylic acids is 3. The van der Waals surface area contributed by atoms with Gasteiger partial charge in [0.05, 0.1) is 5.56 Å². The second kappa shape index (κ2) is 11.6. The number of nitrogens with zero attached hydrogens (tertiary/aromatic N) is 1. The number of rotatable bonds is 8. The van der Waals surface area contributed by atoms with Gasteiger partial charge in [-0.15, -0.1) is 0 Å². The third-order valence-electron chi connectivity index (χ3n) is 6.28. The molecule has 3 rings (SSSR count). The van der Waals surface area contributed by atoms with E-state index in [4.69, 9.17) is 4.74 Å². The fraction of sp³-hybridized carbons (Fsp3) is 0.385. The Morgan fingerprint density at radius 1 is 1.08 bits per heavy atom. The van der Waals surface area contributed by atoms with Gasteiger partial charge in [-0.05, 0) is 20.8 Å². The van der Waals surface area contributed by atoms with Gasteiger partial charge in [-0.25, -0.2) is 0 Å². The van der Waals surface area contributed by atoms with Gasteiger partial charge in [0.25, 0.3) is 0 Å². The van der Waals surface area contributed by atoms with Crippen LogP contribution in [0.3, 0.4) is 0 Å². The minimum atomic E-state index is -0.713. The molecule has 38 heavy (non-hydrogen) atoms. The smallest absolute Gasteiger partial charge is 0.217 e. The van der Waals surface area contributed by atoms with Gasteiger partial charge < -0.3 is 30.5 Å². The monoisotopic (exact) mass is 562 g/mol. The number of Topliss-reactive ketones (excluding diaryl/α,β-unsaturated/α-hetero) is 1. The molecule has 0 aromatic heterocycles. The Kier molecular flexibility index (Phi) is 8.88. The quantitative estimate of drug-likeness (QED) is 0.121. The molecule has 0 saturated heterocycles. The molecule has 1 amide bonds. The molecule has 10 nitrogen and oxygen atoms in total. The summed E-state index contributed by atoms with van der Waals surface area (Å²) >= 11 is 5.08. The molecule has 0 radical (unpaired) electrons. The second-order valence-corrected chi connectivity index (χ2v) is 10.4. The molecule has 2 atom stereocenters. The van der Waals surface area contributed by atoms with Crippen LogP contribution in [0.25, 0.3) is 0 Å². The lowest BCUT2D eigenvalue weighted by Crippen LogP contribution is -2.39. The van der Waals surface area contributed by atoms with Gasteiger partial charge in [-0.1, -0.05) is 18.7 Å². The van der Waals surface area contributed by atoms with Crippen molar-refractivity contribution in [1.29, 1.82) is 0 Å². The number of ketones is 1. The SMILES string of the molecule is CC(=O)NC(CS)C(=O)SCCN=C(C)c1c(O)cc2c(c1O)C(C)c1c(O)c(C)c(O)c(C(C)=O)c1O2. The van der Waals surface area contributed by atoms with Crippen LogP contribution in [0.15, 0.2) is 11.1 Å².